The topological polar surface area (TPSA) is 50.7 Å². The van der Waals surface area contributed by atoms with E-state index in [4.69, 9.17) is 0 Å². The molecule has 0 aromatic heterocycles. The summed E-state index contributed by atoms with van der Waals surface area (Å²) in [6.45, 7) is 4.06. The van der Waals surface area contributed by atoms with E-state index in [1.165, 1.54) is 25.5 Å². The fourth-order valence-corrected chi connectivity index (χ4v) is 0.597. The molecule has 0 aliphatic heterocycles. The Morgan fingerprint density at radius 2 is 2.21 bits per heavy atom. The lowest BCUT2D eigenvalue weighted by molar-refractivity contribution is -0.115. The molecule has 0 aliphatic rings. The van der Waals surface area contributed by atoms with Gasteiger partial charge in [0.05, 0.1) is 6.21 Å². The predicted octanol–water partition coefficient (Wildman–Crippen LogP) is 1.46. The van der Waals surface area contributed by atoms with Crippen LogP contribution in [0.15, 0.2) is 29.6 Å². The standard InChI is InChI=1S/C10H16N2O2/c1-9(2)6-8-11-10(13)5-4-7-12-14-3/h4-9H,1-3H3,(H,11,13)/b5-4-,8-6+,12-7+. The second-order valence-corrected chi connectivity index (χ2v) is 2.91. The van der Waals surface area contributed by atoms with E-state index in [-0.39, 0.29) is 5.91 Å². The minimum Gasteiger partial charge on any atom is -0.399 e. The summed E-state index contributed by atoms with van der Waals surface area (Å²) in [5, 5.41) is 6.02. The second kappa shape index (κ2) is 8.04. The Balaban J connectivity index is 3.76. The molecule has 4 heteroatoms. The quantitative estimate of drug-likeness (QED) is 0.411. The highest BCUT2D eigenvalue weighted by Crippen LogP contribution is 1.90. The molecule has 0 fully saturated rings. The van der Waals surface area contributed by atoms with Crippen LogP contribution in [0.1, 0.15) is 13.8 Å². The fraction of sp³-hybridized carbons (Fsp3) is 0.400. The maximum atomic E-state index is 11.0. The van der Waals surface area contributed by atoms with Crippen LogP contribution in [-0.4, -0.2) is 19.2 Å². The first-order chi connectivity index (χ1) is 6.66. The van der Waals surface area contributed by atoms with Crippen molar-refractivity contribution in [2.75, 3.05) is 7.11 Å². The van der Waals surface area contributed by atoms with Gasteiger partial charge in [-0.25, -0.2) is 0 Å². The second-order valence-electron chi connectivity index (χ2n) is 2.91. The first-order valence-corrected chi connectivity index (χ1v) is 4.37. The zero-order valence-corrected chi connectivity index (χ0v) is 8.73. The van der Waals surface area contributed by atoms with Crippen LogP contribution in [-0.2, 0) is 9.63 Å². The largest absolute Gasteiger partial charge is 0.399 e. The molecular formula is C10H16N2O2. The summed E-state index contributed by atoms with van der Waals surface area (Å²) in [4.78, 5) is 15.4. The molecule has 0 rings (SSSR count). The molecule has 0 bridgehead atoms. The van der Waals surface area contributed by atoms with Gasteiger partial charge in [-0.1, -0.05) is 25.1 Å². The Morgan fingerprint density at radius 1 is 1.50 bits per heavy atom. The van der Waals surface area contributed by atoms with E-state index in [1.54, 1.807) is 6.20 Å². The van der Waals surface area contributed by atoms with E-state index >= 15 is 0 Å². The third-order valence-corrected chi connectivity index (χ3v) is 1.21. The molecule has 0 atom stereocenters. The maximum Gasteiger partial charge on any atom is 0.247 e. The van der Waals surface area contributed by atoms with Crippen LogP contribution in [0.25, 0.3) is 0 Å². The van der Waals surface area contributed by atoms with Gasteiger partial charge in [-0.3, -0.25) is 4.79 Å². The molecule has 1 N–H and O–H groups in total. The summed E-state index contributed by atoms with van der Waals surface area (Å²) >= 11 is 0. The molecule has 0 heterocycles. The number of carbonyl (C=O) groups is 1. The van der Waals surface area contributed by atoms with Crippen LogP contribution in [0.3, 0.4) is 0 Å². The fourth-order valence-electron chi connectivity index (χ4n) is 0.597. The van der Waals surface area contributed by atoms with Gasteiger partial charge in [0.25, 0.3) is 0 Å². The smallest absolute Gasteiger partial charge is 0.247 e. The first kappa shape index (κ1) is 12.4. The zero-order chi connectivity index (χ0) is 10.8. The highest BCUT2D eigenvalue weighted by atomic mass is 16.6. The van der Waals surface area contributed by atoms with Gasteiger partial charge in [-0.05, 0) is 12.0 Å². The van der Waals surface area contributed by atoms with Crippen LogP contribution in [0, 0.1) is 5.92 Å². The third-order valence-electron chi connectivity index (χ3n) is 1.21. The highest BCUT2D eigenvalue weighted by Gasteiger charge is 1.88. The number of oxime groups is 1. The average Bonchev–Trinajstić information content (AvgIpc) is 2.12. The van der Waals surface area contributed by atoms with Crippen molar-refractivity contribution in [2.45, 2.75) is 13.8 Å². The summed E-state index contributed by atoms with van der Waals surface area (Å²) in [7, 11) is 1.44. The van der Waals surface area contributed by atoms with Crippen molar-refractivity contribution in [2.24, 2.45) is 11.1 Å². The third kappa shape index (κ3) is 8.52. The van der Waals surface area contributed by atoms with Gasteiger partial charge in [-0.2, -0.15) is 0 Å². The van der Waals surface area contributed by atoms with Crippen molar-refractivity contribution in [3.63, 3.8) is 0 Å². The van der Waals surface area contributed by atoms with Gasteiger partial charge < -0.3 is 10.2 Å². The average molecular weight is 196 g/mol. The van der Waals surface area contributed by atoms with E-state index in [1.807, 2.05) is 19.9 Å². The molecule has 0 saturated carbocycles. The maximum absolute atomic E-state index is 11.0. The van der Waals surface area contributed by atoms with Crippen molar-refractivity contribution in [1.29, 1.82) is 0 Å². The number of allylic oxidation sites excluding steroid dienone is 2. The Labute approximate surface area is 84.3 Å². The summed E-state index contributed by atoms with van der Waals surface area (Å²) in [5.41, 5.74) is 0. The Morgan fingerprint density at radius 3 is 2.79 bits per heavy atom. The van der Waals surface area contributed by atoms with Crippen LogP contribution >= 0.6 is 0 Å². The van der Waals surface area contributed by atoms with E-state index in [2.05, 4.69) is 15.3 Å². The van der Waals surface area contributed by atoms with Gasteiger partial charge in [-0.15, -0.1) is 0 Å². The van der Waals surface area contributed by atoms with E-state index < -0.39 is 0 Å². The zero-order valence-electron chi connectivity index (χ0n) is 8.73. The van der Waals surface area contributed by atoms with Crippen LogP contribution in [0.2, 0.25) is 0 Å². The lowest BCUT2D eigenvalue weighted by atomic mass is 10.2. The molecule has 78 valence electrons. The SMILES string of the molecule is CO/N=C/C=C\C(=O)N/C=C/C(C)C. The predicted molar refractivity (Wildman–Crippen MR) is 56.8 cm³/mol. The Hall–Kier alpha value is -1.58. The number of hydrogen-bond donors (Lipinski definition) is 1. The van der Waals surface area contributed by atoms with Gasteiger partial charge in [0.15, 0.2) is 0 Å². The molecule has 0 saturated heterocycles. The van der Waals surface area contributed by atoms with Gasteiger partial charge in [0, 0.05) is 12.3 Å². The van der Waals surface area contributed by atoms with Crippen LogP contribution in [0.5, 0.6) is 0 Å². The molecule has 0 aliphatic carbocycles. The number of nitrogens with zero attached hydrogens (tertiary/aromatic N) is 1. The van der Waals surface area contributed by atoms with Crippen molar-refractivity contribution in [3.8, 4) is 0 Å². The summed E-state index contributed by atoms with van der Waals surface area (Å²) in [6, 6.07) is 0. The number of amides is 1. The van der Waals surface area contributed by atoms with E-state index in [0.717, 1.165) is 0 Å². The van der Waals surface area contributed by atoms with Crippen LogP contribution in [0.4, 0.5) is 0 Å². The van der Waals surface area contributed by atoms with E-state index in [0.29, 0.717) is 5.92 Å². The van der Waals surface area contributed by atoms with E-state index in [9.17, 15) is 4.79 Å². The summed E-state index contributed by atoms with van der Waals surface area (Å²) in [5.74, 6) is 0.235. The summed E-state index contributed by atoms with van der Waals surface area (Å²) in [6.07, 6.45) is 7.79. The highest BCUT2D eigenvalue weighted by molar-refractivity contribution is 5.92. The van der Waals surface area contributed by atoms with Gasteiger partial charge >= 0.3 is 0 Å². The molecule has 4 nitrogen and oxygen atoms in total. The lowest BCUT2D eigenvalue weighted by Gasteiger charge is -1.94. The molecule has 14 heavy (non-hydrogen) atoms. The molecule has 0 aromatic carbocycles. The number of hydrogen-bond acceptors (Lipinski definition) is 3. The minimum absolute atomic E-state index is 0.190. The molecule has 0 radical (unpaired) electrons. The van der Waals surface area contributed by atoms with Crippen LogP contribution < -0.4 is 5.32 Å². The van der Waals surface area contributed by atoms with Crippen molar-refractivity contribution >= 4 is 12.1 Å². The van der Waals surface area contributed by atoms with Gasteiger partial charge in [0.2, 0.25) is 5.91 Å². The number of carbonyl (C=O) groups excluding carboxylic acids is 1. The Bertz CT molecular complexity index is 243. The first-order valence-electron chi connectivity index (χ1n) is 4.37. The van der Waals surface area contributed by atoms with Crippen molar-refractivity contribution in [3.05, 3.63) is 24.4 Å². The molecule has 0 aromatic rings. The van der Waals surface area contributed by atoms with Gasteiger partial charge in [0.1, 0.15) is 7.11 Å². The van der Waals surface area contributed by atoms with Crippen molar-refractivity contribution < 1.29 is 9.63 Å². The Kier molecular flexibility index (Phi) is 7.13. The molecule has 0 unspecified atom stereocenters. The lowest BCUT2D eigenvalue weighted by Crippen LogP contribution is -2.13. The molecule has 1 amide bonds. The number of rotatable bonds is 5. The van der Waals surface area contributed by atoms with Crippen molar-refractivity contribution in [1.82, 2.24) is 5.32 Å². The number of nitrogens with one attached hydrogen (secondary N) is 1. The normalized spacial score (nSPS) is 12.0. The molecular weight excluding hydrogens is 180 g/mol. The summed E-state index contributed by atoms with van der Waals surface area (Å²) < 4.78 is 0. The monoisotopic (exact) mass is 196 g/mol. The minimum atomic E-state index is -0.190. The molecule has 0 spiro atoms.